The Morgan fingerprint density at radius 1 is 1.15 bits per heavy atom. The van der Waals surface area contributed by atoms with Crippen LogP contribution in [0.3, 0.4) is 0 Å². The quantitative estimate of drug-likeness (QED) is 0.239. The number of hydrogen-bond donors (Lipinski definition) is 3. The van der Waals surface area contributed by atoms with Crippen molar-refractivity contribution < 1.29 is 9.84 Å². The molecular weight excluding hydrogens is 529 g/mol. The molecule has 1 aromatic heterocycles. The Balaban J connectivity index is 0.00000385. The molecule has 0 radical (unpaired) electrons. The van der Waals surface area contributed by atoms with E-state index in [9.17, 15) is 5.11 Å². The van der Waals surface area contributed by atoms with Crippen molar-refractivity contribution >= 4 is 35.8 Å². The molecule has 0 amide bonds. The molecular formula is C25H38IN5O2. The molecule has 8 heteroatoms. The predicted molar refractivity (Wildman–Crippen MR) is 146 cm³/mol. The second-order valence-corrected chi connectivity index (χ2v) is 8.40. The third-order valence-electron chi connectivity index (χ3n) is 5.33. The molecule has 33 heavy (non-hydrogen) atoms. The molecule has 0 bridgehead atoms. The van der Waals surface area contributed by atoms with E-state index in [4.69, 9.17) is 9.73 Å². The van der Waals surface area contributed by atoms with Crippen LogP contribution in [0.1, 0.15) is 57.3 Å². The van der Waals surface area contributed by atoms with Crippen molar-refractivity contribution in [3.63, 3.8) is 0 Å². The molecule has 1 atom stereocenters. The molecule has 1 aromatic carbocycles. The summed E-state index contributed by atoms with van der Waals surface area (Å²) < 4.78 is 5.73. The Morgan fingerprint density at radius 2 is 1.94 bits per heavy atom. The van der Waals surface area contributed by atoms with Gasteiger partial charge in [-0.15, -0.1) is 24.0 Å². The van der Waals surface area contributed by atoms with E-state index in [-0.39, 0.29) is 30.1 Å². The highest BCUT2D eigenvalue weighted by molar-refractivity contribution is 14.0. The van der Waals surface area contributed by atoms with Crippen LogP contribution >= 0.6 is 24.0 Å². The lowest BCUT2D eigenvalue weighted by atomic mass is 10.1. The summed E-state index contributed by atoms with van der Waals surface area (Å²) in [4.78, 5) is 11.6. The minimum atomic E-state index is -0.666. The maximum Gasteiger partial charge on any atom is 0.191 e. The van der Waals surface area contributed by atoms with Gasteiger partial charge in [0.15, 0.2) is 5.96 Å². The molecule has 1 unspecified atom stereocenters. The van der Waals surface area contributed by atoms with Crippen molar-refractivity contribution in [2.75, 3.05) is 31.1 Å². The van der Waals surface area contributed by atoms with Crippen LogP contribution in [-0.4, -0.2) is 48.3 Å². The maximum absolute atomic E-state index is 10.6. The first-order chi connectivity index (χ1) is 15.5. The highest BCUT2D eigenvalue weighted by Crippen LogP contribution is 2.20. The van der Waals surface area contributed by atoms with Crippen LogP contribution in [0.5, 0.6) is 5.75 Å². The van der Waals surface area contributed by atoms with E-state index in [2.05, 4.69) is 26.6 Å². The van der Waals surface area contributed by atoms with Crippen molar-refractivity contribution in [3.8, 4) is 5.75 Å². The second kappa shape index (κ2) is 14.2. The summed E-state index contributed by atoms with van der Waals surface area (Å²) in [6.07, 6.45) is 5.06. The number of aliphatic hydroxyl groups is 1. The van der Waals surface area contributed by atoms with E-state index in [1.54, 1.807) is 0 Å². The number of aliphatic hydroxyl groups excluding tert-OH is 1. The third-order valence-corrected chi connectivity index (χ3v) is 5.33. The Labute approximate surface area is 215 Å². The van der Waals surface area contributed by atoms with Gasteiger partial charge in [0.1, 0.15) is 11.6 Å². The fraction of sp³-hybridized carbons (Fsp3) is 0.520. The van der Waals surface area contributed by atoms with E-state index in [0.29, 0.717) is 19.0 Å². The van der Waals surface area contributed by atoms with Crippen molar-refractivity contribution in [2.24, 2.45) is 4.99 Å². The van der Waals surface area contributed by atoms with Crippen LogP contribution in [0.25, 0.3) is 0 Å². The standard InChI is InChI=1S/C25H37N5O2.HI/c1-4-26-25(29-18-23(31)21-9-8-10-22(16-21)32-19(2)3)28-17-20-11-12-27-24(15-20)30-13-6-5-7-14-30;/h8-12,15-16,19,23,31H,4-7,13-14,17-18H2,1-3H3,(H2,26,28,29);1H. The number of pyridine rings is 1. The number of ether oxygens (including phenoxy) is 1. The Kier molecular flexibility index (Phi) is 11.7. The number of aromatic nitrogens is 1. The van der Waals surface area contributed by atoms with Gasteiger partial charge in [-0.2, -0.15) is 0 Å². The highest BCUT2D eigenvalue weighted by atomic mass is 127. The normalized spacial score (nSPS) is 15.1. The van der Waals surface area contributed by atoms with Gasteiger partial charge in [0.2, 0.25) is 0 Å². The van der Waals surface area contributed by atoms with Gasteiger partial charge in [0.05, 0.1) is 18.8 Å². The second-order valence-electron chi connectivity index (χ2n) is 8.40. The topological polar surface area (TPSA) is 82.0 Å². The molecule has 3 rings (SSSR count). The monoisotopic (exact) mass is 567 g/mol. The van der Waals surface area contributed by atoms with E-state index in [1.165, 1.54) is 19.3 Å². The SMILES string of the molecule is CCNC(=NCc1ccnc(N2CCCCC2)c1)NCC(O)c1cccc(OC(C)C)c1.I. The van der Waals surface area contributed by atoms with Crippen molar-refractivity contribution in [3.05, 3.63) is 53.7 Å². The molecule has 1 aliphatic heterocycles. The van der Waals surface area contributed by atoms with Crippen LogP contribution in [0.4, 0.5) is 5.82 Å². The Hall–Kier alpha value is -2.07. The summed E-state index contributed by atoms with van der Waals surface area (Å²) in [7, 11) is 0. The number of benzene rings is 1. The van der Waals surface area contributed by atoms with Gasteiger partial charge in [-0.05, 0) is 75.4 Å². The number of piperidine rings is 1. The van der Waals surface area contributed by atoms with Crippen LogP contribution < -0.4 is 20.3 Å². The fourth-order valence-corrected chi connectivity index (χ4v) is 3.75. The van der Waals surface area contributed by atoms with Gasteiger partial charge in [-0.1, -0.05) is 12.1 Å². The van der Waals surface area contributed by atoms with Gasteiger partial charge in [-0.25, -0.2) is 9.98 Å². The summed E-state index contributed by atoms with van der Waals surface area (Å²) in [6.45, 7) is 9.80. The van der Waals surface area contributed by atoms with Gasteiger partial charge in [0.25, 0.3) is 0 Å². The zero-order valence-electron chi connectivity index (χ0n) is 20.0. The summed E-state index contributed by atoms with van der Waals surface area (Å²) in [5.74, 6) is 2.48. The summed E-state index contributed by atoms with van der Waals surface area (Å²) in [5.41, 5.74) is 1.93. The molecule has 1 aliphatic rings. The summed E-state index contributed by atoms with van der Waals surface area (Å²) in [6, 6.07) is 11.7. The number of anilines is 1. The minimum Gasteiger partial charge on any atom is -0.491 e. The van der Waals surface area contributed by atoms with E-state index < -0.39 is 6.10 Å². The Bertz CT molecular complexity index is 871. The predicted octanol–water partition coefficient (Wildman–Crippen LogP) is 4.27. The Morgan fingerprint density at radius 3 is 2.67 bits per heavy atom. The molecule has 1 fully saturated rings. The third kappa shape index (κ3) is 9.00. The minimum absolute atomic E-state index is 0. The average Bonchev–Trinajstić information content (AvgIpc) is 2.81. The number of aliphatic imine (C=N–C) groups is 1. The largest absolute Gasteiger partial charge is 0.491 e. The average molecular weight is 568 g/mol. The van der Waals surface area contributed by atoms with Crippen LogP contribution in [0.2, 0.25) is 0 Å². The maximum atomic E-state index is 10.6. The molecule has 182 valence electrons. The van der Waals surface area contributed by atoms with Gasteiger partial charge in [-0.3, -0.25) is 0 Å². The van der Waals surface area contributed by atoms with Crippen LogP contribution in [0.15, 0.2) is 47.6 Å². The molecule has 2 aromatic rings. The molecule has 1 saturated heterocycles. The van der Waals surface area contributed by atoms with Crippen molar-refractivity contribution in [1.29, 1.82) is 0 Å². The van der Waals surface area contributed by atoms with E-state index in [0.717, 1.165) is 42.3 Å². The molecule has 0 aliphatic carbocycles. The van der Waals surface area contributed by atoms with E-state index >= 15 is 0 Å². The summed E-state index contributed by atoms with van der Waals surface area (Å²) in [5, 5.41) is 17.1. The first-order valence-electron chi connectivity index (χ1n) is 11.7. The molecule has 2 heterocycles. The van der Waals surface area contributed by atoms with Crippen molar-refractivity contribution in [1.82, 2.24) is 15.6 Å². The number of nitrogens with one attached hydrogen (secondary N) is 2. The molecule has 0 saturated carbocycles. The first kappa shape index (κ1) is 27.2. The number of nitrogens with zero attached hydrogens (tertiary/aromatic N) is 3. The van der Waals surface area contributed by atoms with Gasteiger partial charge >= 0.3 is 0 Å². The lowest BCUT2D eigenvalue weighted by Crippen LogP contribution is -2.39. The fourth-order valence-electron chi connectivity index (χ4n) is 3.75. The highest BCUT2D eigenvalue weighted by Gasteiger charge is 2.13. The number of guanidine groups is 1. The number of rotatable bonds is 9. The smallest absolute Gasteiger partial charge is 0.191 e. The first-order valence-corrected chi connectivity index (χ1v) is 11.7. The molecule has 0 spiro atoms. The lowest BCUT2D eigenvalue weighted by Gasteiger charge is -2.27. The zero-order valence-corrected chi connectivity index (χ0v) is 22.3. The lowest BCUT2D eigenvalue weighted by molar-refractivity contribution is 0.179. The molecule has 3 N–H and O–H groups in total. The van der Waals surface area contributed by atoms with Gasteiger partial charge < -0.3 is 25.4 Å². The zero-order chi connectivity index (χ0) is 22.8. The van der Waals surface area contributed by atoms with E-state index in [1.807, 2.05) is 57.3 Å². The van der Waals surface area contributed by atoms with Crippen molar-refractivity contribution in [2.45, 2.75) is 58.8 Å². The number of halogens is 1. The molecule has 7 nitrogen and oxygen atoms in total. The van der Waals surface area contributed by atoms with Gasteiger partial charge in [0, 0.05) is 32.4 Å². The van der Waals surface area contributed by atoms with Crippen LogP contribution in [-0.2, 0) is 6.54 Å². The number of hydrogen-bond acceptors (Lipinski definition) is 5. The van der Waals surface area contributed by atoms with Crippen LogP contribution in [0, 0.1) is 0 Å². The summed E-state index contributed by atoms with van der Waals surface area (Å²) >= 11 is 0.